The van der Waals surface area contributed by atoms with Crippen molar-refractivity contribution in [1.29, 1.82) is 0 Å². The average molecular weight is 526 g/mol. The number of esters is 1. The number of carbonyl (C=O) groups excluding carboxylic acids is 2. The quantitative estimate of drug-likeness (QED) is 0.222. The van der Waals surface area contributed by atoms with Crippen molar-refractivity contribution in [1.82, 2.24) is 5.43 Å². The van der Waals surface area contributed by atoms with Crippen molar-refractivity contribution in [2.24, 2.45) is 5.10 Å². The minimum Gasteiger partial charge on any atom is -0.494 e. The van der Waals surface area contributed by atoms with Gasteiger partial charge in [0.2, 0.25) is 5.91 Å². The number of halogens is 1. The zero-order chi connectivity index (χ0) is 21.9. The number of benzene rings is 2. The monoisotopic (exact) mass is 526 g/mol. The summed E-state index contributed by atoms with van der Waals surface area (Å²) in [6.45, 7) is 2.29. The van der Waals surface area contributed by atoms with Crippen molar-refractivity contribution in [3.63, 3.8) is 0 Å². The molecule has 1 amide bonds. The molecule has 0 bridgehead atoms. The zero-order valence-electron chi connectivity index (χ0n) is 16.9. The van der Waals surface area contributed by atoms with Crippen LogP contribution in [0.4, 0.5) is 0 Å². The van der Waals surface area contributed by atoms with Gasteiger partial charge in [-0.3, -0.25) is 4.79 Å². The van der Waals surface area contributed by atoms with Crippen LogP contribution in [0.3, 0.4) is 0 Å². The number of nitrogens with one attached hydrogen (secondary N) is 1. The van der Waals surface area contributed by atoms with Gasteiger partial charge in [0.25, 0.3) is 0 Å². The molecule has 9 heteroatoms. The van der Waals surface area contributed by atoms with Gasteiger partial charge in [0.15, 0.2) is 18.1 Å². The number of nitrogens with zero attached hydrogens (tertiary/aromatic N) is 1. The van der Waals surface area contributed by atoms with E-state index >= 15 is 0 Å². The Morgan fingerprint density at radius 2 is 1.87 bits per heavy atom. The third-order valence-electron chi connectivity index (χ3n) is 3.82. The van der Waals surface area contributed by atoms with E-state index in [2.05, 4.69) is 37.9 Å². The number of hydrogen-bond donors (Lipinski definition) is 1. The summed E-state index contributed by atoms with van der Waals surface area (Å²) >= 11 is 2.07. The van der Waals surface area contributed by atoms with Crippen LogP contribution in [-0.2, 0) is 20.7 Å². The number of hydrazone groups is 1. The van der Waals surface area contributed by atoms with Gasteiger partial charge >= 0.3 is 5.97 Å². The molecule has 2 aromatic rings. The molecule has 0 aliphatic carbocycles. The van der Waals surface area contributed by atoms with Gasteiger partial charge in [-0.2, -0.15) is 5.10 Å². The Morgan fingerprint density at radius 3 is 2.50 bits per heavy atom. The number of ether oxygens (including phenoxy) is 4. The van der Waals surface area contributed by atoms with Crippen LogP contribution in [0.15, 0.2) is 41.5 Å². The molecule has 0 aliphatic heterocycles. The second-order valence-corrected chi connectivity index (χ2v) is 7.11. The molecule has 0 unspecified atom stereocenters. The van der Waals surface area contributed by atoms with E-state index in [9.17, 15) is 9.59 Å². The highest BCUT2D eigenvalue weighted by molar-refractivity contribution is 14.1. The Labute approximate surface area is 188 Å². The Morgan fingerprint density at radius 1 is 1.13 bits per heavy atom. The summed E-state index contributed by atoms with van der Waals surface area (Å²) in [6, 6.07) is 10.8. The minimum atomic E-state index is -0.492. The molecule has 0 radical (unpaired) electrons. The Kier molecular flexibility index (Phi) is 9.39. The van der Waals surface area contributed by atoms with E-state index in [-0.39, 0.29) is 18.9 Å². The van der Waals surface area contributed by atoms with Gasteiger partial charge in [0.1, 0.15) is 5.75 Å². The SMILES string of the molecule is CCOc1ccc(CC(=O)N/N=C\c2cc(I)c(OCC(=O)OC)c(OC)c2)cc1. The van der Waals surface area contributed by atoms with Crippen LogP contribution in [0, 0.1) is 3.57 Å². The number of hydrogen-bond acceptors (Lipinski definition) is 7. The normalized spacial score (nSPS) is 10.5. The smallest absolute Gasteiger partial charge is 0.343 e. The van der Waals surface area contributed by atoms with E-state index in [0.717, 1.165) is 14.9 Å². The molecular weight excluding hydrogens is 503 g/mol. The summed E-state index contributed by atoms with van der Waals surface area (Å²) in [5.74, 6) is 0.902. The summed E-state index contributed by atoms with van der Waals surface area (Å²) in [7, 11) is 2.79. The molecule has 2 aromatic carbocycles. The van der Waals surface area contributed by atoms with E-state index < -0.39 is 5.97 Å². The number of rotatable bonds is 10. The van der Waals surface area contributed by atoms with Crippen molar-refractivity contribution >= 4 is 40.7 Å². The summed E-state index contributed by atoms with van der Waals surface area (Å²) in [5.41, 5.74) is 4.06. The maximum absolute atomic E-state index is 12.1. The fraction of sp³-hybridized carbons (Fsp3) is 0.286. The molecule has 0 heterocycles. The molecule has 1 N–H and O–H groups in total. The molecule has 2 rings (SSSR count). The molecule has 30 heavy (non-hydrogen) atoms. The van der Waals surface area contributed by atoms with Gasteiger partial charge in [-0.05, 0) is 64.9 Å². The van der Waals surface area contributed by atoms with E-state index in [0.29, 0.717) is 23.7 Å². The second kappa shape index (κ2) is 12.0. The molecule has 0 saturated heterocycles. The maximum atomic E-state index is 12.1. The van der Waals surface area contributed by atoms with E-state index in [1.807, 2.05) is 31.2 Å². The zero-order valence-corrected chi connectivity index (χ0v) is 19.1. The first-order valence-corrected chi connectivity index (χ1v) is 10.2. The molecule has 0 aromatic heterocycles. The fourth-order valence-corrected chi connectivity index (χ4v) is 3.20. The third kappa shape index (κ3) is 7.21. The fourth-order valence-electron chi connectivity index (χ4n) is 2.42. The van der Waals surface area contributed by atoms with Crippen molar-refractivity contribution in [3.05, 3.63) is 51.1 Å². The van der Waals surface area contributed by atoms with E-state index in [1.165, 1.54) is 20.4 Å². The van der Waals surface area contributed by atoms with Crippen molar-refractivity contribution in [2.75, 3.05) is 27.4 Å². The van der Waals surface area contributed by atoms with E-state index in [4.69, 9.17) is 14.2 Å². The molecule has 0 aliphatic rings. The lowest BCUT2D eigenvalue weighted by Crippen LogP contribution is -2.19. The average Bonchev–Trinajstić information content (AvgIpc) is 2.74. The molecule has 0 fully saturated rings. The molecule has 0 atom stereocenters. The molecule has 160 valence electrons. The summed E-state index contributed by atoms with van der Waals surface area (Å²) < 4.78 is 21.5. The van der Waals surface area contributed by atoms with Gasteiger partial charge in [-0.15, -0.1) is 0 Å². The number of amides is 1. The highest BCUT2D eigenvalue weighted by atomic mass is 127. The number of methoxy groups -OCH3 is 2. The first kappa shape index (κ1) is 23.5. The summed E-state index contributed by atoms with van der Waals surface area (Å²) in [6.07, 6.45) is 1.70. The second-order valence-electron chi connectivity index (χ2n) is 5.95. The Balaban J connectivity index is 1.97. The molecule has 0 saturated carbocycles. The number of carbonyl (C=O) groups is 2. The van der Waals surface area contributed by atoms with Gasteiger partial charge in [0.05, 0.1) is 37.0 Å². The first-order valence-electron chi connectivity index (χ1n) is 9.07. The highest BCUT2D eigenvalue weighted by Crippen LogP contribution is 2.33. The maximum Gasteiger partial charge on any atom is 0.343 e. The van der Waals surface area contributed by atoms with Crippen LogP contribution >= 0.6 is 22.6 Å². The molecule has 0 spiro atoms. The van der Waals surface area contributed by atoms with Gasteiger partial charge in [-0.1, -0.05) is 12.1 Å². The van der Waals surface area contributed by atoms with Crippen LogP contribution in [0.2, 0.25) is 0 Å². The topological polar surface area (TPSA) is 95.5 Å². The van der Waals surface area contributed by atoms with Crippen LogP contribution in [0.5, 0.6) is 17.2 Å². The standard InChI is InChI=1S/C21H23IN2O6/c1-4-29-16-7-5-14(6-8-16)11-19(25)24-23-12-15-9-17(22)21(18(10-15)27-2)30-13-20(26)28-3/h5-10,12H,4,11,13H2,1-3H3,(H,24,25)/b23-12-. The summed E-state index contributed by atoms with van der Waals surface area (Å²) in [4.78, 5) is 23.4. The Hall–Kier alpha value is -2.82. The molecule has 8 nitrogen and oxygen atoms in total. The Bertz CT molecular complexity index is 899. The van der Waals surface area contributed by atoms with Crippen molar-refractivity contribution in [3.8, 4) is 17.2 Å². The van der Waals surface area contributed by atoms with Gasteiger partial charge in [0, 0.05) is 0 Å². The van der Waals surface area contributed by atoms with Crippen molar-refractivity contribution in [2.45, 2.75) is 13.3 Å². The van der Waals surface area contributed by atoms with Crippen LogP contribution in [-0.4, -0.2) is 45.5 Å². The van der Waals surface area contributed by atoms with Crippen LogP contribution in [0.25, 0.3) is 0 Å². The minimum absolute atomic E-state index is 0.199. The first-order chi connectivity index (χ1) is 14.5. The lowest BCUT2D eigenvalue weighted by atomic mass is 10.1. The largest absolute Gasteiger partial charge is 0.494 e. The van der Waals surface area contributed by atoms with Crippen molar-refractivity contribution < 1.29 is 28.5 Å². The van der Waals surface area contributed by atoms with Crippen LogP contribution < -0.4 is 19.6 Å². The predicted octanol–water partition coefficient (Wildman–Crippen LogP) is 2.94. The third-order valence-corrected chi connectivity index (χ3v) is 4.62. The lowest BCUT2D eigenvalue weighted by Gasteiger charge is -2.12. The predicted molar refractivity (Wildman–Crippen MR) is 120 cm³/mol. The lowest BCUT2D eigenvalue weighted by molar-refractivity contribution is -0.143. The van der Waals surface area contributed by atoms with Crippen LogP contribution in [0.1, 0.15) is 18.1 Å². The van der Waals surface area contributed by atoms with Gasteiger partial charge in [-0.25, -0.2) is 10.2 Å². The molecular formula is C21H23IN2O6. The summed E-state index contributed by atoms with van der Waals surface area (Å²) in [5, 5.41) is 4.00. The van der Waals surface area contributed by atoms with Gasteiger partial charge < -0.3 is 18.9 Å². The highest BCUT2D eigenvalue weighted by Gasteiger charge is 2.13. The van der Waals surface area contributed by atoms with E-state index in [1.54, 1.807) is 12.1 Å².